The van der Waals surface area contributed by atoms with E-state index in [2.05, 4.69) is 12.7 Å². The first-order valence-electron chi connectivity index (χ1n) is 5.02. The van der Waals surface area contributed by atoms with Crippen LogP contribution in [0.5, 0.6) is 0 Å². The second-order valence-corrected chi connectivity index (χ2v) is 3.39. The first-order valence-corrected chi connectivity index (χ1v) is 5.02. The Morgan fingerprint density at radius 3 is 2.71 bits per heavy atom. The predicted octanol–water partition coefficient (Wildman–Crippen LogP) is 3.24. The average molecular weight is 196 g/mol. The van der Waals surface area contributed by atoms with Gasteiger partial charge in [0.2, 0.25) is 0 Å². The lowest BCUT2D eigenvalue weighted by Gasteiger charge is -2.20. The Labute approximate surface area is 86.6 Å². The van der Waals surface area contributed by atoms with Gasteiger partial charge in [0.15, 0.2) is 0 Å². The van der Waals surface area contributed by atoms with Gasteiger partial charge in [-0.15, -0.1) is 6.58 Å². The molecule has 0 amide bonds. The van der Waals surface area contributed by atoms with Crippen molar-refractivity contribution in [3.63, 3.8) is 0 Å². The second-order valence-electron chi connectivity index (χ2n) is 3.39. The molecule has 0 spiro atoms. The van der Waals surface area contributed by atoms with Crippen LogP contribution in [0.1, 0.15) is 40.0 Å². The highest BCUT2D eigenvalue weighted by Crippen LogP contribution is 2.20. The molecule has 80 valence electrons. The summed E-state index contributed by atoms with van der Waals surface area (Å²) < 4.78 is 5.10. The minimum atomic E-state index is -0.176. The molecule has 1 atom stereocenters. The van der Waals surface area contributed by atoms with Crippen molar-refractivity contribution >= 4 is 5.97 Å². The van der Waals surface area contributed by atoms with Gasteiger partial charge in [-0.3, -0.25) is 4.79 Å². The van der Waals surface area contributed by atoms with E-state index in [1.54, 1.807) is 6.08 Å². The zero-order chi connectivity index (χ0) is 11.0. The number of esters is 1. The Kier molecular flexibility index (Phi) is 6.81. The van der Waals surface area contributed by atoms with E-state index in [-0.39, 0.29) is 12.1 Å². The van der Waals surface area contributed by atoms with Crippen LogP contribution in [0.3, 0.4) is 0 Å². The molecule has 1 rings (SSSR count). The van der Waals surface area contributed by atoms with Crippen molar-refractivity contribution in [3.05, 3.63) is 24.3 Å². The van der Waals surface area contributed by atoms with E-state index < -0.39 is 0 Å². The van der Waals surface area contributed by atoms with Gasteiger partial charge in [0, 0.05) is 6.92 Å². The molecular weight excluding hydrogens is 176 g/mol. The van der Waals surface area contributed by atoms with Crippen LogP contribution in [-0.2, 0) is 9.53 Å². The Morgan fingerprint density at radius 1 is 1.71 bits per heavy atom. The number of carbonyl (C=O) groups excluding carboxylic acids is 1. The highest BCUT2D eigenvalue weighted by molar-refractivity contribution is 5.66. The van der Waals surface area contributed by atoms with Crippen molar-refractivity contribution in [3.8, 4) is 0 Å². The van der Waals surface area contributed by atoms with Crippen molar-refractivity contribution in [2.45, 2.75) is 46.1 Å². The normalized spacial score (nSPS) is 19.9. The minimum Gasteiger partial charge on any atom is -0.458 e. The molecule has 0 saturated heterocycles. The van der Waals surface area contributed by atoms with Crippen LogP contribution >= 0.6 is 0 Å². The van der Waals surface area contributed by atoms with Gasteiger partial charge < -0.3 is 4.74 Å². The summed E-state index contributed by atoms with van der Waals surface area (Å²) in [7, 11) is 0. The molecule has 14 heavy (non-hydrogen) atoms. The molecular formula is C12H20O2. The number of rotatable bonds is 1. The molecule has 0 N–H and O–H groups in total. The summed E-state index contributed by atoms with van der Waals surface area (Å²) in [5.41, 5.74) is 1.20. The van der Waals surface area contributed by atoms with Crippen LogP contribution in [0.2, 0.25) is 0 Å². The smallest absolute Gasteiger partial charge is 0.303 e. The summed E-state index contributed by atoms with van der Waals surface area (Å²) in [6.45, 7) is 8.73. The van der Waals surface area contributed by atoms with E-state index in [1.807, 2.05) is 13.8 Å². The topological polar surface area (TPSA) is 26.3 Å². The average Bonchev–Trinajstić information content (AvgIpc) is 2.09. The Bertz CT molecular complexity index is 216. The molecule has 0 saturated carbocycles. The van der Waals surface area contributed by atoms with Gasteiger partial charge in [0.25, 0.3) is 0 Å². The van der Waals surface area contributed by atoms with Crippen LogP contribution in [-0.4, -0.2) is 12.1 Å². The summed E-state index contributed by atoms with van der Waals surface area (Å²) in [6, 6.07) is 0. The molecule has 1 unspecified atom stereocenters. The van der Waals surface area contributed by atoms with Crippen LogP contribution in [0.25, 0.3) is 0 Å². The molecule has 0 bridgehead atoms. The summed E-state index contributed by atoms with van der Waals surface area (Å²) >= 11 is 0. The quantitative estimate of drug-likeness (QED) is 0.475. The molecule has 1 aliphatic carbocycles. The Balaban J connectivity index is 0.000000500. The third-order valence-electron chi connectivity index (χ3n) is 1.95. The zero-order valence-electron chi connectivity index (χ0n) is 9.38. The minimum absolute atomic E-state index is 0.0567. The van der Waals surface area contributed by atoms with Gasteiger partial charge in [-0.25, -0.2) is 0 Å². The summed E-state index contributed by atoms with van der Waals surface area (Å²) in [5, 5.41) is 0. The van der Waals surface area contributed by atoms with E-state index in [1.165, 1.54) is 12.5 Å². The molecule has 0 heterocycles. The molecule has 0 fully saturated rings. The Morgan fingerprint density at radius 2 is 2.29 bits per heavy atom. The van der Waals surface area contributed by atoms with Crippen molar-refractivity contribution in [1.29, 1.82) is 0 Å². The molecule has 0 aromatic heterocycles. The van der Waals surface area contributed by atoms with Gasteiger partial charge in [-0.2, -0.15) is 0 Å². The fraction of sp³-hybridized carbons (Fsp3) is 0.583. The third-order valence-corrected chi connectivity index (χ3v) is 1.95. The molecule has 0 aromatic carbocycles. The highest BCUT2D eigenvalue weighted by atomic mass is 16.5. The SMILES string of the molecule is C=CC.CC(=O)OC1CCCC=C1C. The van der Waals surface area contributed by atoms with E-state index >= 15 is 0 Å². The third kappa shape index (κ3) is 5.57. The summed E-state index contributed by atoms with van der Waals surface area (Å²) in [4.78, 5) is 10.6. The van der Waals surface area contributed by atoms with E-state index in [9.17, 15) is 4.79 Å². The first-order chi connectivity index (χ1) is 6.61. The van der Waals surface area contributed by atoms with Gasteiger partial charge in [-0.05, 0) is 38.7 Å². The predicted molar refractivity (Wildman–Crippen MR) is 59.0 cm³/mol. The van der Waals surface area contributed by atoms with E-state index in [0.717, 1.165) is 19.3 Å². The highest BCUT2D eigenvalue weighted by Gasteiger charge is 2.16. The van der Waals surface area contributed by atoms with Crippen LogP contribution in [0.4, 0.5) is 0 Å². The number of hydrogen-bond donors (Lipinski definition) is 0. The van der Waals surface area contributed by atoms with Crippen molar-refractivity contribution in [2.75, 3.05) is 0 Å². The Hall–Kier alpha value is -1.05. The summed E-state index contributed by atoms with van der Waals surface area (Å²) in [6.07, 6.45) is 7.21. The van der Waals surface area contributed by atoms with Gasteiger partial charge in [-0.1, -0.05) is 12.2 Å². The van der Waals surface area contributed by atoms with Crippen LogP contribution < -0.4 is 0 Å². The van der Waals surface area contributed by atoms with Gasteiger partial charge in [0.1, 0.15) is 6.10 Å². The zero-order valence-corrected chi connectivity index (χ0v) is 9.38. The molecule has 2 heteroatoms. The lowest BCUT2D eigenvalue weighted by Crippen LogP contribution is -2.19. The standard InChI is InChI=1S/C9H14O2.C3H6/c1-7-5-3-4-6-9(7)11-8(2)10;1-3-2/h5,9H,3-4,6H2,1-2H3;3H,1H2,2H3. The van der Waals surface area contributed by atoms with Crippen molar-refractivity contribution in [2.24, 2.45) is 0 Å². The van der Waals surface area contributed by atoms with E-state index in [0.29, 0.717) is 0 Å². The maximum absolute atomic E-state index is 10.6. The molecule has 0 radical (unpaired) electrons. The second kappa shape index (κ2) is 7.36. The first kappa shape index (κ1) is 12.9. The molecule has 1 aliphatic rings. The van der Waals surface area contributed by atoms with Gasteiger partial charge in [0.05, 0.1) is 0 Å². The monoisotopic (exact) mass is 196 g/mol. The number of hydrogen-bond acceptors (Lipinski definition) is 2. The largest absolute Gasteiger partial charge is 0.458 e. The number of allylic oxidation sites excluding steroid dienone is 2. The van der Waals surface area contributed by atoms with Crippen molar-refractivity contribution < 1.29 is 9.53 Å². The maximum Gasteiger partial charge on any atom is 0.303 e. The van der Waals surface area contributed by atoms with Crippen molar-refractivity contribution in [1.82, 2.24) is 0 Å². The number of ether oxygens (including phenoxy) is 1. The molecule has 0 aliphatic heterocycles. The summed E-state index contributed by atoms with van der Waals surface area (Å²) in [5.74, 6) is -0.176. The molecule has 0 aromatic rings. The van der Waals surface area contributed by atoms with Crippen LogP contribution in [0.15, 0.2) is 24.3 Å². The lowest BCUT2D eigenvalue weighted by molar-refractivity contribution is -0.145. The number of carbonyl (C=O) groups is 1. The van der Waals surface area contributed by atoms with E-state index in [4.69, 9.17) is 4.74 Å². The molecule has 2 nitrogen and oxygen atoms in total. The fourth-order valence-electron chi connectivity index (χ4n) is 1.34. The fourth-order valence-corrected chi connectivity index (χ4v) is 1.34. The lowest BCUT2D eigenvalue weighted by atomic mass is 9.98. The maximum atomic E-state index is 10.6. The van der Waals surface area contributed by atoms with Crippen LogP contribution in [0, 0.1) is 0 Å². The van der Waals surface area contributed by atoms with Gasteiger partial charge >= 0.3 is 5.97 Å².